The number of anilines is 2. The molecule has 0 aliphatic rings. The molecule has 30 heavy (non-hydrogen) atoms. The summed E-state index contributed by atoms with van der Waals surface area (Å²) in [5, 5.41) is 10.5. The van der Waals surface area contributed by atoms with Gasteiger partial charge in [0, 0.05) is 7.85 Å². The second kappa shape index (κ2) is 13.4. The van der Waals surface area contributed by atoms with Gasteiger partial charge in [0.15, 0.2) is 0 Å². The quantitative estimate of drug-likeness (QED) is 0.209. The van der Waals surface area contributed by atoms with Crippen molar-refractivity contribution in [2.75, 3.05) is 10.1 Å². The summed E-state index contributed by atoms with van der Waals surface area (Å²) in [6.07, 6.45) is 5.71. The zero-order valence-electron chi connectivity index (χ0n) is 17.6. The van der Waals surface area contributed by atoms with Gasteiger partial charge in [-0.25, -0.2) is 14.3 Å². The first kappa shape index (κ1) is 25.2. The molecule has 7 nitrogen and oxygen atoms in total. The van der Waals surface area contributed by atoms with E-state index in [4.69, 9.17) is 5.21 Å². The van der Waals surface area contributed by atoms with Crippen molar-refractivity contribution in [1.82, 2.24) is 0 Å². The number of hydrogen-bond donors (Lipinski definition) is 4. The number of nitrogens with zero attached hydrogens (tertiary/aromatic N) is 1. The van der Waals surface area contributed by atoms with Crippen LogP contribution >= 0.6 is 0 Å². The van der Waals surface area contributed by atoms with Crippen molar-refractivity contribution in [1.29, 1.82) is 0 Å². The molecule has 0 fully saturated rings. The average Bonchev–Trinajstić information content (AvgIpc) is 2.74. The SMILES string of the molecule is CCCCCC#C/C=N/Nc1ccc(C)cc1S(=O)(=O)Nc1ccccc1C.NO.[HH]. The minimum absolute atomic E-state index is 0. The Labute approximate surface area is 180 Å². The van der Waals surface area contributed by atoms with Crippen LogP contribution in [0.5, 0.6) is 0 Å². The van der Waals surface area contributed by atoms with Gasteiger partial charge in [-0.1, -0.05) is 55.9 Å². The fourth-order valence-electron chi connectivity index (χ4n) is 2.55. The van der Waals surface area contributed by atoms with Gasteiger partial charge >= 0.3 is 0 Å². The van der Waals surface area contributed by atoms with Crippen molar-refractivity contribution in [3.8, 4) is 11.8 Å². The molecule has 2 rings (SSSR count). The molecule has 0 aliphatic carbocycles. The summed E-state index contributed by atoms with van der Waals surface area (Å²) in [5.41, 5.74) is 5.44. The highest BCUT2D eigenvalue weighted by Gasteiger charge is 2.19. The molecule has 0 spiro atoms. The molecule has 164 valence electrons. The number of nitrogens with two attached hydrogens (primary N) is 1. The van der Waals surface area contributed by atoms with Crippen LogP contribution < -0.4 is 16.0 Å². The summed E-state index contributed by atoms with van der Waals surface area (Å²) in [6.45, 7) is 5.86. The number of rotatable bonds is 8. The first-order valence-corrected chi connectivity index (χ1v) is 11.1. The zero-order chi connectivity index (χ0) is 22.4. The van der Waals surface area contributed by atoms with Crippen molar-refractivity contribution >= 4 is 27.6 Å². The molecule has 0 saturated carbocycles. The summed E-state index contributed by atoms with van der Waals surface area (Å²) in [7, 11) is -3.77. The molecule has 0 aromatic heterocycles. The lowest BCUT2D eigenvalue weighted by Crippen LogP contribution is -2.15. The van der Waals surface area contributed by atoms with Crippen molar-refractivity contribution in [3.63, 3.8) is 0 Å². The largest absolute Gasteiger partial charge is 0.320 e. The second-order valence-corrected chi connectivity index (χ2v) is 8.22. The minimum atomic E-state index is -3.77. The molecule has 2 aromatic rings. The van der Waals surface area contributed by atoms with Gasteiger partial charge in [-0.2, -0.15) is 5.10 Å². The maximum absolute atomic E-state index is 12.9. The van der Waals surface area contributed by atoms with Crippen molar-refractivity contribution < 1.29 is 15.1 Å². The molecular weight excluding hydrogens is 400 g/mol. The Hall–Kier alpha value is -2.86. The van der Waals surface area contributed by atoms with Crippen molar-refractivity contribution in [2.24, 2.45) is 11.0 Å². The van der Waals surface area contributed by atoms with Crippen LogP contribution in [0.25, 0.3) is 0 Å². The van der Waals surface area contributed by atoms with Crippen LogP contribution in [0.1, 0.15) is 45.2 Å². The maximum atomic E-state index is 12.9. The van der Waals surface area contributed by atoms with Crippen LogP contribution in [0.15, 0.2) is 52.5 Å². The third-order valence-corrected chi connectivity index (χ3v) is 5.54. The number of unbranched alkanes of at least 4 members (excludes halogenated alkanes) is 3. The molecule has 5 N–H and O–H groups in total. The Balaban J connectivity index is 0.00000291. The Morgan fingerprint density at radius 3 is 2.57 bits per heavy atom. The van der Waals surface area contributed by atoms with E-state index in [1.54, 1.807) is 24.3 Å². The number of hydrazone groups is 1. The molecule has 0 aliphatic heterocycles. The summed E-state index contributed by atoms with van der Waals surface area (Å²) in [6, 6.07) is 12.4. The van der Waals surface area contributed by atoms with Crippen LogP contribution in [0, 0.1) is 25.7 Å². The lowest BCUT2D eigenvalue weighted by molar-refractivity contribution is 0.311. The van der Waals surface area contributed by atoms with Crippen molar-refractivity contribution in [3.05, 3.63) is 53.6 Å². The van der Waals surface area contributed by atoms with E-state index < -0.39 is 10.0 Å². The summed E-state index contributed by atoms with van der Waals surface area (Å²) < 4.78 is 28.5. The number of aryl methyl sites for hydroxylation is 2. The maximum Gasteiger partial charge on any atom is 0.264 e. The Morgan fingerprint density at radius 2 is 1.87 bits per heavy atom. The predicted molar refractivity (Wildman–Crippen MR) is 125 cm³/mol. The highest BCUT2D eigenvalue weighted by atomic mass is 32.2. The van der Waals surface area contributed by atoms with Gasteiger partial charge in [-0.05, 0) is 49.6 Å². The van der Waals surface area contributed by atoms with Crippen LogP contribution in [-0.4, -0.2) is 19.8 Å². The molecule has 0 heterocycles. The second-order valence-electron chi connectivity index (χ2n) is 6.57. The van der Waals surface area contributed by atoms with Crippen LogP contribution in [0.4, 0.5) is 11.4 Å². The van der Waals surface area contributed by atoms with Crippen molar-refractivity contribution in [2.45, 2.75) is 51.3 Å². The summed E-state index contributed by atoms with van der Waals surface area (Å²) in [4.78, 5) is 0.142. The normalized spacial score (nSPS) is 10.6. The van der Waals surface area contributed by atoms with E-state index in [9.17, 15) is 8.42 Å². The van der Waals surface area contributed by atoms with Gasteiger partial charge in [-0.15, -0.1) is 0 Å². The summed E-state index contributed by atoms with van der Waals surface area (Å²) in [5.74, 6) is 9.39. The molecule has 0 amide bonds. The molecule has 8 heteroatoms. The number of nitrogens with one attached hydrogen (secondary N) is 2. The van der Waals surface area contributed by atoms with Crippen LogP contribution in [-0.2, 0) is 10.0 Å². The smallest absolute Gasteiger partial charge is 0.264 e. The van der Waals surface area contributed by atoms with Gasteiger partial charge in [0.25, 0.3) is 10.0 Å². The lowest BCUT2D eigenvalue weighted by atomic mass is 10.2. The first-order chi connectivity index (χ1) is 14.4. The highest BCUT2D eigenvalue weighted by Crippen LogP contribution is 2.26. The van der Waals surface area contributed by atoms with E-state index in [-0.39, 0.29) is 6.32 Å². The lowest BCUT2D eigenvalue weighted by Gasteiger charge is -2.14. The van der Waals surface area contributed by atoms with E-state index in [0.717, 1.165) is 24.0 Å². The fourth-order valence-corrected chi connectivity index (χ4v) is 3.92. The van der Waals surface area contributed by atoms with E-state index in [1.807, 2.05) is 32.0 Å². The highest BCUT2D eigenvalue weighted by molar-refractivity contribution is 7.92. The first-order valence-electron chi connectivity index (χ1n) is 9.65. The van der Waals surface area contributed by atoms with E-state index in [1.165, 1.54) is 19.1 Å². The van der Waals surface area contributed by atoms with Gasteiger partial charge in [0.2, 0.25) is 0 Å². The molecule has 0 radical (unpaired) electrons. The van der Waals surface area contributed by atoms with Gasteiger partial charge in [-0.3, -0.25) is 10.1 Å². The van der Waals surface area contributed by atoms with E-state index in [0.29, 0.717) is 11.4 Å². The fraction of sp³-hybridized carbons (Fsp3) is 0.318. The number of para-hydroxylation sites is 1. The molecular formula is C22H32N4O3S. The van der Waals surface area contributed by atoms with Gasteiger partial charge < -0.3 is 5.21 Å². The molecule has 0 saturated heterocycles. The van der Waals surface area contributed by atoms with Gasteiger partial charge in [0.1, 0.15) is 4.90 Å². The summed E-state index contributed by atoms with van der Waals surface area (Å²) >= 11 is 0. The monoisotopic (exact) mass is 432 g/mol. The standard InChI is InChI=1S/C22H27N3O2S.H3NO.H2/c1-4-5-6-7-8-11-16-23-24-21-15-14-18(2)17-22(21)28(26,27)25-20-13-10-9-12-19(20)3;1-2;/h9-10,12-17,24-25H,4-7H2,1-3H3;2H,1H2;1H/b23-16+;;. The third kappa shape index (κ3) is 8.25. The molecule has 2 aromatic carbocycles. The number of hydrogen-bond acceptors (Lipinski definition) is 6. The molecule has 0 atom stereocenters. The molecule has 0 bridgehead atoms. The third-order valence-electron chi connectivity index (χ3n) is 4.14. The van der Waals surface area contributed by atoms with Gasteiger partial charge in [0.05, 0.1) is 17.6 Å². The minimum Gasteiger partial charge on any atom is -0.320 e. The number of benzene rings is 2. The average molecular weight is 433 g/mol. The Morgan fingerprint density at radius 1 is 1.13 bits per heavy atom. The zero-order valence-corrected chi connectivity index (χ0v) is 18.5. The van der Waals surface area contributed by atoms with Crippen LogP contribution in [0.2, 0.25) is 0 Å². The Kier molecular flexibility index (Phi) is 11.2. The Bertz CT molecular complexity index is 999. The topological polar surface area (TPSA) is 117 Å². The molecule has 0 unspecified atom stereocenters. The number of sulfonamides is 1. The van der Waals surface area contributed by atoms with E-state index >= 15 is 0 Å². The predicted octanol–water partition coefficient (Wildman–Crippen LogP) is 4.67. The van der Waals surface area contributed by atoms with Crippen LogP contribution in [0.3, 0.4) is 0 Å². The van der Waals surface area contributed by atoms with E-state index in [2.05, 4.69) is 39.9 Å².